The molecular formula is C27H30ClN7O2. The number of anilines is 2. The van der Waals surface area contributed by atoms with Crippen LogP contribution in [0.5, 0.6) is 0 Å². The second-order valence-electron chi connectivity index (χ2n) is 10.1. The monoisotopic (exact) mass is 519 g/mol. The van der Waals surface area contributed by atoms with Gasteiger partial charge in [0.2, 0.25) is 5.28 Å². The molecule has 3 aromatic heterocycles. The van der Waals surface area contributed by atoms with Crippen LogP contribution in [-0.4, -0.2) is 64.0 Å². The summed E-state index contributed by atoms with van der Waals surface area (Å²) in [7, 11) is 0. The van der Waals surface area contributed by atoms with Crippen molar-refractivity contribution in [2.24, 2.45) is 0 Å². The first-order valence-electron chi connectivity index (χ1n) is 13.2. The zero-order valence-electron chi connectivity index (χ0n) is 21.0. The predicted octanol–water partition coefficient (Wildman–Crippen LogP) is 4.28. The molecular weight excluding hydrogens is 490 g/mol. The van der Waals surface area contributed by atoms with Gasteiger partial charge in [0.1, 0.15) is 11.6 Å². The fraction of sp³-hybridized carbons (Fsp3) is 0.481. The van der Waals surface area contributed by atoms with Crippen molar-refractivity contribution in [2.75, 3.05) is 49.3 Å². The molecule has 0 amide bonds. The summed E-state index contributed by atoms with van der Waals surface area (Å²) in [4.78, 5) is 19.1. The first kappa shape index (κ1) is 23.1. The minimum Gasteiger partial charge on any atom is -0.378 e. The van der Waals surface area contributed by atoms with Crippen LogP contribution in [0.4, 0.5) is 11.6 Å². The Morgan fingerprint density at radius 3 is 2.78 bits per heavy atom. The molecule has 3 aliphatic heterocycles. The fourth-order valence-electron chi connectivity index (χ4n) is 6.07. The van der Waals surface area contributed by atoms with Crippen LogP contribution < -0.4 is 9.80 Å². The molecule has 1 atom stereocenters. The van der Waals surface area contributed by atoms with E-state index in [9.17, 15) is 0 Å². The van der Waals surface area contributed by atoms with E-state index in [1.165, 1.54) is 5.56 Å². The summed E-state index contributed by atoms with van der Waals surface area (Å²) in [6.45, 7) is 7.40. The van der Waals surface area contributed by atoms with Gasteiger partial charge in [-0.3, -0.25) is 0 Å². The van der Waals surface area contributed by atoms with Gasteiger partial charge in [-0.05, 0) is 49.4 Å². The molecule has 0 aliphatic carbocycles. The Morgan fingerprint density at radius 1 is 1.00 bits per heavy atom. The quantitative estimate of drug-likeness (QED) is 0.371. The van der Waals surface area contributed by atoms with Crippen molar-refractivity contribution in [3.8, 4) is 0 Å². The number of fused-ring (bicyclic) bond motifs is 3. The van der Waals surface area contributed by atoms with Gasteiger partial charge in [0.05, 0.1) is 49.4 Å². The normalized spacial score (nSPS) is 20.5. The van der Waals surface area contributed by atoms with Crippen LogP contribution in [0.25, 0.3) is 16.6 Å². The minimum absolute atomic E-state index is 0.0787. The Labute approximate surface area is 220 Å². The highest BCUT2D eigenvalue weighted by molar-refractivity contribution is 6.28. The molecule has 192 valence electrons. The number of rotatable bonds is 3. The summed E-state index contributed by atoms with van der Waals surface area (Å²) in [5.74, 6) is 2.04. The highest BCUT2D eigenvalue weighted by Gasteiger charge is 2.32. The van der Waals surface area contributed by atoms with Gasteiger partial charge in [-0.2, -0.15) is 14.6 Å². The number of ether oxygens (including phenoxy) is 2. The summed E-state index contributed by atoms with van der Waals surface area (Å²) in [5, 5.41) is 6.57. The molecule has 0 bridgehead atoms. The topological polar surface area (TPSA) is 80.9 Å². The first-order valence-corrected chi connectivity index (χ1v) is 13.6. The van der Waals surface area contributed by atoms with Crippen LogP contribution in [-0.2, 0) is 22.5 Å². The van der Waals surface area contributed by atoms with Gasteiger partial charge >= 0.3 is 0 Å². The molecule has 0 N–H and O–H groups in total. The minimum atomic E-state index is 0.0787. The average Bonchev–Trinajstić information content (AvgIpc) is 3.35. The second-order valence-corrected chi connectivity index (χ2v) is 10.4. The van der Waals surface area contributed by atoms with Crippen LogP contribution in [0, 0.1) is 6.92 Å². The van der Waals surface area contributed by atoms with Gasteiger partial charge in [0.15, 0.2) is 5.65 Å². The summed E-state index contributed by atoms with van der Waals surface area (Å²) < 4.78 is 13.5. The molecule has 1 unspecified atom stereocenters. The molecule has 10 heteroatoms. The Kier molecular flexibility index (Phi) is 5.86. The van der Waals surface area contributed by atoms with Gasteiger partial charge in [-0.25, -0.2) is 9.97 Å². The zero-order valence-corrected chi connectivity index (χ0v) is 21.7. The predicted molar refractivity (Wildman–Crippen MR) is 143 cm³/mol. The first-order chi connectivity index (χ1) is 18.2. The molecule has 0 saturated carbocycles. The van der Waals surface area contributed by atoms with Gasteiger partial charge in [-0.15, -0.1) is 0 Å². The second kappa shape index (κ2) is 9.38. The van der Waals surface area contributed by atoms with Gasteiger partial charge in [0.25, 0.3) is 0 Å². The van der Waals surface area contributed by atoms with Crippen molar-refractivity contribution in [2.45, 2.75) is 45.3 Å². The van der Waals surface area contributed by atoms with E-state index in [-0.39, 0.29) is 11.3 Å². The van der Waals surface area contributed by atoms with Crippen molar-refractivity contribution >= 4 is 39.8 Å². The summed E-state index contributed by atoms with van der Waals surface area (Å²) in [6, 6.07) is 8.37. The van der Waals surface area contributed by atoms with E-state index in [4.69, 9.17) is 36.1 Å². The zero-order chi connectivity index (χ0) is 24.9. The lowest BCUT2D eigenvalue weighted by molar-refractivity contribution is 0.106. The number of halogens is 1. The van der Waals surface area contributed by atoms with E-state index in [1.807, 2.05) is 12.1 Å². The third-order valence-electron chi connectivity index (χ3n) is 7.83. The molecule has 37 heavy (non-hydrogen) atoms. The lowest BCUT2D eigenvalue weighted by Gasteiger charge is -2.36. The number of piperidine rings is 1. The van der Waals surface area contributed by atoms with Crippen molar-refractivity contribution in [1.29, 1.82) is 0 Å². The largest absolute Gasteiger partial charge is 0.378 e. The van der Waals surface area contributed by atoms with Crippen LogP contribution in [0.1, 0.15) is 47.8 Å². The molecule has 6 heterocycles. The van der Waals surface area contributed by atoms with Crippen LogP contribution in [0.3, 0.4) is 0 Å². The van der Waals surface area contributed by atoms with Crippen molar-refractivity contribution in [3.63, 3.8) is 0 Å². The van der Waals surface area contributed by atoms with E-state index < -0.39 is 0 Å². The van der Waals surface area contributed by atoms with E-state index in [0.717, 1.165) is 104 Å². The third-order valence-corrected chi connectivity index (χ3v) is 7.99. The van der Waals surface area contributed by atoms with E-state index in [1.54, 1.807) is 0 Å². The number of morpholine rings is 1. The van der Waals surface area contributed by atoms with Gasteiger partial charge in [0, 0.05) is 43.1 Å². The van der Waals surface area contributed by atoms with Gasteiger partial charge in [-0.1, -0.05) is 12.1 Å². The number of aromatic nitrogens is 5. The van der Waals surface area contributed by atoms with Gasteiger partial charge < -0.3 is 19.3 Å². The Morgan fingerprint density at radius 2 is 1.89 bits per heavy atom. The molecule has 2 saturated heterocycles. The van der Waals surface area contributed by atoms with E-state index >= 15 is 0 Å². The highest BCUT2D eigenvalue weighted by Crippen LogP contribution is 2.39. The molecule has 3 aliphatic rings. The molecule has 0 radical (unpaired) electrons. The highest BCUT2D eigenvalue weighted by atomic mass is 35.5. The number of nitrogens with zero attached hydrogens (tertiary/aromatic N) is 7. The summed E-state index contributed by atoms with van der Waals surface area (Å²) in [6.07, 6.45) is 4.08. The van der Waals surface area contributed by atoms with E-state index in [0.29, 0.717) is 13.2 Å². The standard InChI is InChI=1S/C27H30ClN7O2/c1-17-5-4-6-19-24(17)25(31-27(28)30-19)34-9-3-2-7-22(34)20-15-23-29-21-16-37-12-8-18(21)26(35(23)32-20)33-10-13-36-14-11-33/h4-6,15,22H,2-3,7-14,16H2,1H3. The van der Waals surface area contributed by atoms with Crippen LogP contribution >= 0.6 is 11.6 Å². The number of hydrogen-bond acceptors (Lipinski definition) is 8. The number of benzene rings is 1. The molecule has 1 aromatic carbocycles. The van der Waals surface area contributed by atoms with E-state index in [2.05, 4.69) is 38.4 Å². The molecule has 9 nitrogen and oxygen atoms in total. The van der Waals surface area contributed by atoms with Crippen molar-refractivity contribution < 1.29 is 9.47 Å². The van der Waals surface area contributed by atoms with Crippen molar-refractivity contribution in [3.05, 3.63) is 52.1 Å². The lowest BCUT2D eigenvalue weighted by atomic mass is 9.98. The smallest absolute Gasteiger partial charge is 0.224 e. The fourth-order valence-corrected chi connectivity index (χ4v) is 6.24. The maximum Gasteiger partial charge on any atom is 0.224 e. The Balaban J connectivity index is 1.37. The summed E-state index contributed by atoms with van der Waals surface area (Å²) >= 11 is 6.43. The summed E-state index contributed by atoms with van der Waals surface area (Å²) in [5.41, 5.74) is 6.18. The average molecular weight is 520 g/mol. The number of aryl methyl sites for hydroxylation is 1. The molecule has 7 rings (SSSR count). The lowest BCUT2D eigenvalue weighted by Crippen LogP contribution is -2.39. The Bertz CT molecular complexity index is 1480. The third kappa shape index (κ3) is 4.00. The maximum atomic E-state index is 6.43. The number of hydrogen-bond donors (Lipinski definition) is 0. The van der Waals surface area contributed by atoms with Crippen LogP contribution in [0.15, 0.2) is 24.3 Å². The van der Waals surface area contributed by atoms with Crippen molar-refractivity contribution in [1.82, 2.24) is 24.6 Å². The van der Waals surface area contributed by atoms with Crippen LogP contribution in [0.2, 0.25) is 5.28 Å². The Hall–Kier alpha value is -3.01. The SMILES string of the molecule is Cc1cccc2nc(Cl)nc(N3CCCCC3c3cc4nc5c(c(N6CCOCC6)n4n3)CCOC5)c12. The molecule has 2 fully saturated rings. The molecule has 0 spiro atoms. The molecule has 4 aromatic rings. The maximum absolute atomic E-state index is 6.43.